The first-order chi connectivity index (χ1) is 7.67. The number of nitrogens with one attached hydrogen (secondary N) is 1. The Bertz CT molecular complexity index is 415. The SMILES string of the molecule is CC(C)(Nc1ccc(Cl)nn1)C(C)(C)C(=O)O. The van der Waals surface area contributed by atoms with Crippen molar-refractivity contribution >= 4 is 23.4 Å². The van der Waals surface area contributed by atoms with Crippen molar-refractivity contribution in [3.63, 3.8) is 0 Å². The van der Waals surface area contributed by atoms with Crippen molar-refractivity contribution in [2.75, 3.05) is 5.32 Å². The maximum Gasteiger partial charge on any atom is 0.311 e. The summed E-state index contributed by atoms with van der Waals surface area (Å²) in [5, 5.41) is 20.1. The Morgan fingerprint density at radius 1 is 1.29 bits per heavy atom. The molecule has 1 rings (SSSR count). The van der Waals surface area contributed by atoms with Crippen molar-refractivity contribution in [3.8, 4) is 0 Å². The molecule has 0 radical (unpaired) electrons. The maximum atomic E-state index is 11.2. The smallest absolute Gasteiger partial charge is 0.311 e. The lowest BCUT2D eigenvalue weighted by Crippen LogP contribution is -2.50. The lowest BCUT2D eigenvalue weighted by atomic mass is 9.74. The number of rotatable bonds is 4. The van der Waals surface area contributed by atoms with Crippen LogP contribution in [0.4, 0.5) is 5.82 Å². The van der Waals surface area contributed by atoms with E-state index in [1.807, 2.05) is 0 Å². The topological polar surface area (TPSA) is 75.1 Å². The van der Waals surface area contributed by atoms with Gasteiger partial charge in [-0.15, -0.1) is 10.2 Å². The number of nitrogens with zero attached hydrogens (tertiary/aromatic N) is 2. The lowest BCUT2D eigenvalue weighted by molar-refractivity contribution is -0.149. The summed E-state index contributed by atoms with van der Waals surface area (Å²) in [6.45, 7) is 6.92. The second-order valence-corrected chi connectivity index (χ2v) is 5.31. The standard InChI is InChI=1S/C11H16ClN3O2/c1-10(2,9(16)17)11(3,4)13-8-6-5-7(12)14-15-8/h5-6H,1-4H3,(H,13,15)(H,16,17). The molecule has 17 heavy (non-hydrogen) atoms. The molecule has 0 aliphatic carbocycles. The number of hydrogen-bond donors (Lipinski definition) is 2. The van der Waals surface area contributed by atoms with Crippen molar-refractivity contribution in [2.24, 2.45) is 5.41 Å². The monoisotopic (exact) mass is 257 g/mol. The predicted octanol–water partition coefficient (Wildman–Crippen LogP) is 2.43. The third-order valence-electron chi connectivity index (χ3n) is 3.17. The van der Waals surface area contributed by atoms with Gasteiger partial charge in [-0.05, 0) is 39.8 Å². The molecule has 1 aromatic heterocycles. The van der Waals surface area contributed by atoms with E-state index in [-0.39, 0.29) is 0 Å². The predicted molar refractivity (Wildman–Crippen MR) is 66.2 cm³/mol. The number of halogens is 1. The first-order valence-corrected chi connectivity index (χ1v) is 5.55. The molecule has 0 unspecified atom stereocenters. The highest BCUT2D eigenvalue weighted by atomic mass is 35.5. The molecule has 0 spiro atoms. The minimum Gasteiger partial charge on any atom is -0.481 e. The first-order valence-electron chi connectivity index (χ1n) is 5.17. The van der Waals surface area contributed by atoms with Crippen LogP contribution in [-0.4, -0.2) is 26.8 Å². The second kappa shape index (κ2) is 4.49. The molecule has 5 nitrogen and oxygen atoms in total. The van der Waals surface area contributed by atoms with Gasteiger partial charge in [-0.2, -0.15) is 0 Å². The van der Waals surface area contributed by atoms with Crippen molar-refractivity contribution in [1.29, 1.82) is 0 Å². The number of anilines is 1. The third kappa shape index (κ3) is 2.85. The lowest BCUT2D eigenvalue weighted by Gasteiger charge is -2.39. The molecular formula is C11H16ClN3O2. The summed E-state index contributed by atoms with van der Waals surface area (Å²) >= 11 is 5.63. The molecule has 0 aliphatic heterocycles. The van der Waals surface area contributed by atoms with E-state index in [0.29, 0.717) is 11.0 Å². The van der Waals surface area contributed by atoms with Crippen LogP contribution in [0.25, 0.3) is 0 Å². The molecule has 1 aromatic rings. The van der Waals surface area contributed by atoms with Crippen LogP contribution in [0.2, 0.25) is 5.15 Å². The molecule has 0 fully saturated rings. The van der Waals surface area contributed by atoms with Crippen LogP contribution in [0.1, 0.15) is 27.7 Å². The summed E-state index contributed by atoms with van der Waals surface area (Å²) < 4.78 is 0. The van der Waals surface area contributed by atoms with E-state index in [1.165, 1.54) is 0 Å². The van der Waals surface area contributed by atoms with Crippen LogP contribution in [-0.2, 0) is 4.79 Å². The van der Waals surface area contributed by atoms with Gasteiger partial charge in [0.05, 0.1) is 5.41 Å². The highest BCUT2D eigenvalue weighted by Gasteiger charge is 2.43. The van der Waals surface area contributed by atoms with Gasteiger partial charge < -0.3 is 10.4 Å². The number of aromatic nitrogens is 2. The van der Waals surface area contributed by atoms with Gasteiger partial charge in [-0.25, -0.2) is 0 Å². The number of carboxylic acids is 1. The summed E-state index contributed by atoms with van der Waals surface area (Å²) in [5.74, 6) is -0.384. The van der Waals surface area contributed by atoms with E-state index in [1.54, 1.807) is 39.8 Å². The largest absolute Gasteiger partial charge is 0.481 e. The number of carboxylic acid groups (broad SMARTS) is 1. The van der Waals surface area contributed by atoms with E-state index >= 15 is 0 Å². The Morgan fingerprint density at radius 2 is 1.88 bits per heavy atom. The average Bonchev–Trinajstić information content (AvgIpc) is 2.20. The minimum absolute atomic E-state index is 0.297. The van der Waals surface area contributed by atoms with Crippen LogP contribution in [0, 0.1) is 5.41 Å². The molecule has 0 saturated heterocycles. The van der Waals surface area contributed by atoms with Crippen molar-refractivity contribution in [3.05, 3.63) is 17.3 Å². The van der Waals surface area contributed by atoms with Crippen molar-refractivity contribution in [2.45, 2.75) is 33.2 Å². The van der Waals surface area contributed by atoms with Gasteiger partial charge in [0.2, 0.25) is 0 Å². The van der Waals surface area contributed by atoms with Gasteiger partial charge in [-0.3, -0.25) is 4.79 Å². The Labute approximate surface area is 105 Å². The normalized spacial score (nSPS) is 12.3. The Morgan fingerprint density at radius 3 is 2.29 bits per heavy atom. The Kier molecular flexibility index (Phi) is 3.62. The fourth-order valence-electron chi connectivity index (χ4n) is 1.13. The number of aliphatic carboxylic acids is 1. The molecule has 2 N–H and O–H groups in total. The zero-order valence-corrected chi connectivity index (χ0v) is 11.0. The third-order valence-corrected chi connectivity index (χ3v) is 3.37. The highest BCUT2D eigenvalue weighted by molar-refractivity contribution is 6.29. The Balaban J connectivity index is 2.93. The van der Waals surface area contributed by atoms with Gasteiger partial charge in [0.1, 0.15) is 5.82 Å². The van der Waals surface area contributed by atoms with Crippen LogP contribution < -0.4 is 5.32 Å². The molecule has 0 amide bonds. The van der Waals surface area contributed by atoms with E-state index in [2.05, 4.69) is 15.5 Å². The summed E-state index contributed by atoms with van der Waals surface area (Å²) in [4.78, 5) is 11.2. The molecule has 0 bridgehead atoms. The zero-order valence-electron chi connectivity index (χ0n) is 10.3. The summed E-state index contributed by atoms with van der Waals surface area (Å²) in [6.07, 6.45) is 0. The van der Waals surface area contributed by atoms with Gasteiger partial charge in [-0.1, -0.05) is 11.6 Å². The Hall–Kier alpha value is -1.36. The molecule has 0 atom stereocenters. The van der Waals surface area contributed by atoms with Gasteiger partial charge in [0.15, 0.2) is 5.15 Å². The van der Waals surface area contributed by atoms with Crippen LogP contribution >= 0.6 is 11.6 Å². The van der Waals surface area contributed by atoms with Gasteiger partial charge >= 0.3 is 5.97 Å². The molecule has 6 heteroatoms. The van der Waals surface area contributed by atoms with E-state index in [4.69, 9.17) is 11.6 Å². The summed E-state index contributed by atoms with van der Waals surface area (Å²) in [6, 6.07) is 3.26. The van der Waals surface area contributed by atoms with Crippen LogP contribution in [0.15, 0.2) is 12.1 Å². The van der Waals surface area contributed by atoms with E-state index < -0.39 is 16.9 Å². The second-order valence-electron chi connectivity index (χ2n) is 4.92. The summed E-state index contributed by atoms with van der Waals surface area (Å²) in [7, 11) is 0. The molecule has 94 valence electrons. The zero-order chi connectivity index (χ0) is 13.3. The van der Waals surface area contributed by atoms with Crippen molar-refractivity contribution in [1.82, 2.24) is 10.2 Å². The molecule has 0 aromatic carbocycles. The molecular weight excluding hydrogens is 242 g/mol. The van der Waals surface area contributed by atoms with Crippen LogP contribution in [0.5, 0.6) is 0 Å². The van der Waals surface area contributed by atoms with Crippen LogP contribution in [0.3, 0.4) is 0 Å². The quantitative estimate of drug-likeness (QED) is 0.867. The average molecular weight is 258 g/mol. The van der Waals surface area contributed by atoms with Gasteiger partial charge in [0, 0.05) is 5.54 Å². The number of carbonyl (C=O) groups is 1. The van der Waals surface area contributed by atoms with E-state index in [9.17, 15) is 9.90 Å². The maximum absolute atomic E-state index is 11.2. The molecule has 1 heterocycles. The molecule has 0 aliphatic rings. The fourth-order valence-corrected chi connectivity index (χ4v) is 1.23. The minimum atomic E-state index is -0.950. The van der Waals surface area contributed by atoms with Crippen molar-refractivity contribution < 1.29 is 9.90 Å². The van der Waals surface area contributed by atoms with Gasteiger partial charge in [0.25, 0.3) is 0 Å². The number of hydrogen-bond acceptors (Lipinski definition) is 4. The molecule has 0 saturated carbocycles. The fraction of sp³-hybridized carbons (Fsp3) is 0.545. The highest BCUT2D eigenvalue weighted by Crippen LogP contribution is 2.33. The first kappa shape index (κ1) is 13.7. The van der Waals surface area contributed by atoms with E-state index in [0.717, 1.165) is 0 Å². The summed E-state index contributed by atoms with van der Waals surface area (Å²) in [5.41, 5.74) is -1.63.